The van der Waals surface area contributed by atoms with Crippen molar-refractivity contribution in [3.63, 3.8) is 0 Å². The number of allylic oxidation sites excluding steroid dienone is 12. The van der Waals surface area contributed by atoms with E-state index in [1.54, 1.807) is 0 Å². The van der Waals surface area contributed by atoms with Gasteiger partial charge in [-0.1, -0.05) is 72.8 Å². The molecule has 4 aromatic rings. The topological polar surface area (TPSA) is 102 Å². The third-order valence-electron chi connectivity index (χ3n) is 11.0. The summed E-state index contributed by atoms with van der Waals surface area (Å²) in [6, 6.07) is 23.4. The molecule has 6 aliphatic carbocycles. The molecule has 0 aromatic heterocycles. The molecule has 240 valence electrons. The van der Waals surface area contributed by atoms with Crippen molar-refractivity contribution < 1.29 is 28.8 Å². The fourth-order valence-electron chi connectivity index (χ4n) is 9.17. The number of carbonyl (C=O) groups excluding carboxylic acids is 6. The van der Waals surface area contributed by atoms with E-state index < -0.39 is 17.8 Å². The van der Waals surface area contributed by atoms with Gasteiger partial charge in [0.25, 0.3) is 0 Å². The van der Waals surface area contributed by atoms with Crippen molar-refractivity contribution in [3.05, 3.63) is 178 Å². The molecule has 6 heteroatoms. The smallest absolute Gasteiger partial charge is 0.183 e. The van der Waals surface area contributed by atoms with Crippen LogP contribution >= 0.6 is 0 Å². The van der Waals surface area contributed by atoms with Crippen molar-refractivity contribution in [1.29, 1.82) is 0 Å². The van der Waals surface area contributed by atoms with E-state index in [0.717, 1.165) is 66.8 Å². The summed E-state index contributed by atoms with van der Waals surface area (Å²) >= 11 is 0. The minimum Gasteiger partial charge on any atom is -0.290 e. The highest BCUT2D eigenvalue weighted by atomic mass is 16.1. The Balaban J connectivity index is 1.42. The highest BCUT2D eigenvalue weighted by Gasteiger charge is 2.50. The summed E-state index contributed by atoms with van der Waals surface area (Å²) in [6.45, 7) is 0. The van der Waals surface area contributed by atoms with Crippen LogP contribution in [0.15, 0.2) is 144 Å². The number of hydrogen-bond acceptors (Lipinski definition) is 6. The summed E-state index contributed by atoms with van der Waals surface area (Å²) in [5.41, 5.74) is 11.0. The predicted molar refractivity (Wildman–Crippen MR) is 190 cm³/mol. The molecule has 0 radical (unpaired) electrons. The van der Waals surface area contributed by atoms with E-state index in [-0.39, 0.29) is 34.7 Å². The van der Waals surface area contributed by atoms with Crippen molar-refractivity contribution in [3.8, 4) is 33.4 Å². The van der Waals surface area contributed by atoms with E-state index in [2.05, 4.69) is 0 Å². The Morgan fingerprint density at radius 3 is 0.902 bits per heavy atom. The average molecular weight is 661 g/mol. The van der Waals surface area contributed by atoms with Crippen molar-refractivity contribution in [2.24, 2.45) is 0 Å². The maximum absolute atomic E-state index is 13.8. The SMILES string of the molecule is O=C1C=CC(=O)C([C@@H]2c3ccccc3-c3c2c2c(c4c3[C@H](C3=CC(=O)C=CC3=O)c3ccccc3-4)[C@H](C3=CC(=O)C=CC3=O)c3ccccc3-2)=C1. The van der Waals surface area contributed by atoms with Gasteiger partial charge >= 0.3 is 0 Å². The maximum atomic E-state index is 13.8. The summed E-state index contributed by atoms with van der Waals surface area (Å²) in [4.78, 5) is 80.2. The van der Waals surface area contributed by atoms with Gasteiger partial charge in [-0.2, -0.15) is 0 Å². The van der Waals surface area contributed by atoms with Crippen molar-refractivity contribution in [2.75, 3.05) is 0 Å². The number of ketones is 6. The summed E-state index contributed by atoms with van der Waals surface area (Å²) in [5.74, 6) is -3.65. The fraction of sp³-hybridized carbons (Fsp3) is 0.0667. The highest BCUT2D eigenvalue weighted by molar-refractivity contribution is 6.22. The zero-order valence-electron chi connectivity index (χ0n) is 26.8. The Bertz CT molecular complexity index is 2340. The van der Waals surface area contributed by atoms with E-state index in [1.165, 1.54) is 54.7 Å². The Kier molecular flexibility index (Phi) is 5.98. The van der Waals surface area contributed by atoms with Crippen LogP contribution in [0.1, 0.15) is 51.1 Å². The van der Waals surface area contributed by atoms with Crippen LogP contribution in [0.5, 0.6) is 0 Å². The Hall–Kier alpha value is -6.66. The molecule has 0 saturated heterocycles. The summed E-state index contributed by atoms with van der Waals surface area (Å²) < 4.78 is 0. The molecule has 0 unspecified atom stereocenters. The molecule has 0 saturated carbocycles. The number of carbonyl (C=O) groups is 6. The van der Waals surface area contributed by atoms with Crippen LogP contribution in [-0.4, -0.2) is 34.7 Å². The second-order valence-corrected chi connectivity index (χ2v) is 13.5. The van der Waals surface area contributed by atoms with E-state index in [1.807, 2.05) is 72.8 Å². The average Bonchev–Trinajstić information content (AvgIpc) is 3.77. The molecule has 0 fully saturated rings. The summed E-state index contributed by atoms with van der Waals surface area (Å²) in [6.07, 6.45) is 12.0. The van der Waals surface area contributed by atoms with Gasteiger partial charge in [0.05, 0.1) is 0 Å². The zero-order valence-corrected chi connectivity index (χ0v) is 26.8. The summed E-state index contributed by atoms with van der Waals surface area (Å²) in [7, 11) is 0. The first kappa shape index (κ1) is 29.3. The van der Waals surface area contributed by atoms with Gasteiger partial charge in [-0.05, 0) is 121 Å². The Morgan fingerprint density at radius 1 is 0.333 bits per heavy atom. The molecule has 51 heavy (non-hydrogen) atoms. The largest absolute Gasteiger partial charge is 0.290 e. The van der Waals surface area contributed by atoms with E-state index in [0.29, 0.717) is 16.7 Å². The second-order valence-electron chi connectivity index (χ2n) is 13.5. The molecule has 4 aromatic carbocycles. The van der Waals surface area contributed by atoms with Crippen LogP contribution in [0, 0.1) is 0 Å². The first-order valence-corrected chi connectivity index (χ1v) is 16.8. The number of rotatable bonds is 3. The van der Waals surface area contributed by atoms with Crippen LogP contribution in [0.4, 0.5) is 0 Å². The Labute approximate surface area is 291 Å². The van der Waals surface area contributed by atoms with Crippen LogP contribution in [0.25, 0.3) is 33.4 Å². The summed E-state index contributed by atoms with van der Waals surface area (Å²) in [5, 5.41) is 0. The standard InChI is InChI=1S/C45H24O6/c46-22-13-16-34(49)31(19-22)37-25-7-1-4-10-28(25)40-43(37)41-29-11-5-2-8-26(29)39(33-21-24(48)15-18-36(33)51)45(41)42-30-12-6-3-9-27(30)38(44(40)42)32-20-23(47)14-17-35(32)50/h1-21,37-39H/t37-,38-,39-/m0/s1. The highest BCUT2D eigenvalue weighted by Crippen LogP contribution is 2.67. The second kappa shape index (κ2) is 10.4. The molecule has 0 heterocycles. The fourth-order valence-corrected chi connectivity index (χ4v) is 9.17. The van der Waals surface area contributed by atoms with Gasteiger partial charge in [0, 0.05) is 34.5 Å². The quantitative estimate of drug-likeness (QED) is 0.221. The minimum atomic E-state index is -0.650. The third kappa shape index (κ3) is 3.93. The van der Waals surface area contributed by atoms with E-state index in [9.17, 15) is 28.8 Å². The lowest BCUT2D eigenvalue weighted by molar-refractivity contribution is -0.114. The van der Waals surface area contributed by atoms with Gasteiger partial charge in [-0.25, -0.2) is 0 Å². The van der Waals surface area contributed by atoms with Crippen molar-refractivity contribution >= 4 is 34.7 Å². The van der Waals surface area contributed by atoms with Crippen molar-refractivity contribution in [1.82, 2.24) is 0 Å². The molecule has 0 N–H and O–H groups in total. The monoisotopic (exact) mass is 660 g/mol. The predicted octanol–water partition coefficient (Wildman–Crippen LogP) is 6.93. The number of hydrogen-bond donors (Lipinski definition) is 0. The molecule has 0 aliphatic heterocycles. The van der Waals surface area contributed by atoms with Crippen molar-refractivity contribution in [2.45, 2.75) is 17.8 Å². The molecule has 3 atom stereocenters. The lowest BCUT2D eigenvalue weighted by atomic mass is 9.74. The van der Waals surface area contributed by atoms with Gasteiger partial charge in [0.2, 0.25) is 0 Å². The lowest BCUT2D eigenvalue weighted by Gasteiger charge is -2.26. The normalized spacial score (nSPS) is 21.9. The van der Waals surface area contributed by atoms with Gasteiger partial charge in [-0.15, -0.1) is 0 Å². The van der Waals surface area contributed by atoms with Crippen LogP contribution in [0.3, 0.4) is 0 Å². The molecule has 6 aliphatic rings. The van der Waals surface area contributed by atoms with Crippen LogP contribution in [0.2, 0.25) is 0 Å². The van der Waals surface area contributed by atoms with E-state index in [4.69, 9.17) is 0 Å². The molecule has 0 bridgehead atoms. The molecular formula is C45H24O6. The molecular weight excluding hydrogens is 636 g/mol. The van der Waals surface area contributed by atoms with Gasteiger partial charge < -0.3 is 0 Å². The van der Waals surface area contributed by atoms with Gasteiger partial charge in [-0.3, -0.25) is 28.8 Å². The molecule has 0 amide bonds. The molecule has 6 nitrogen and oxygen atoms in total. The van der Waals surface area contributed by atoms with Crippen LogP contribution in [-0.2, 0) is 28.8 Å². The zero-order chi connectivity index (χ0) is 34.7. The minimum absolute atomic E-state index is 0.277. The first-order valence-electron chi connectivity index (χ1n) is 16.8. The van der Waals surface area contributed by atoms with Crippen LogP contribution < -0.4 is 0 Å². The first-order chi connectivity index (χ1) is 24.8. The van der Waals surface area contributed by atoms with Gasteiger partial charge in [0.15, 0.2) is 34.7 Å². The Morgan fingerprint density at radius 2 is 0.608 bits per heavy atom. The van der Waals surface area contributed by atoms with Gasteiger partial charge in [0.1, 0.15) is 0 Å². The lowest BCUT2D eigenvalue weighted by Crippen LogP contribution is -2.18. The third-order valence-corrected chi connectivity index (χ3v) is 11.0. The van der Waals surface area contributed by atoms with E-state index >= 15 is 0 Å². The maximum Gasteiger partial charge on any atom is 0.183 e. The number of benzene rings is 4. The molecule has 10 rings (SSSR count). The number of fused-ring (bicyclic) bond motifs is 12. The molecule has 0 spiro atoms.